The maximum absolute atomic E-state index is 13.6. The molecule has 0 aliphatic carbocycles. The number of carbonyl (C=O) groups is 1. The zero-order valence-electron chi connectivity index (χ0n) is 20.5. The van der Waals surface area contributed by atoms with Crippen LogP contribution < -0.4 is 10.3 Å². The SMILES string of the molecule is COc1ccc2cc([C@H](C)c3nnc4c(=O)n(CC(=O)c5ccccc5)c5ccccc5n34)ccc2c1. The van der Waals surface area contributed by atoms with E-state index in [9.17, 15) is 9.59 Å². The van der Waals surface area contributed by atoms with Crippen molar-refractivity contribution >= 4 is 33.2 Å². The number of ketones is 1. The largest absolute Gasteiger partial charge is 0.497 e. The first-order valence-electron chi connectivity index (χ1n) is 12.1. The van der Waals surface area contributed by atoms with E-state index in [-0.39, 0.29) is 29.5 Å². The van der Waals surface area contributed by atoms with Gasteiger partial charge in [0.25, 0.3) is 5.56 Å². The van der Waals surface area contributed by atoms with Gasteiger partial charge < -0.3 is 4.74 Å². The van der Waals surface area contributed by atoms with Crippen LogP contribution in [0.25, 0.3) is 27.5 Å². The van der Waals surface area contributed by atoms with E-state index in [0.29, 0.717) is 16.9 Å². The van der Waals surface area contributed by atoms with E-state index < -0.39 is 0 Å². The smallest absolute Gasteiger partial charge is 0.297 e. The highest BCUT2D eigenvalue weighted by Crippen LogP contribution is 2.29. The predicted molar refractivity (Wildman–Crippen MR) is 144 cm³/mol. The number of ether oxygens (including phenoxy) is 1. The lowest BCUT2D eigenvalue weighted by atomic mass is 9.97. The Balaban J connectivity index is 1.48. The molecule has 7 heteroatoms. The Kier molecular flexibility index (Phi) is 5.53. The van der Waals surface area contributed by atoms with Crippen molar-refractivity contribution in [3.05, 3.63) is 118 Å². The summed E-state index contributed by atoms with van der Waals surface area (Å²) >= 11 is 0. The van der Waals surface area contributed by atoms with Crippen LogP contribution >= 0.6 is 0 Å². The van der Waals surface area contributed by atoms with Gasteiger partial charge in [-0.3, -0.25) is 18.6 Å². The maximum Gasteiger partial charge on any atom is 0.297 e. The number of fused-ring (bicyclic) bond motifs is 4. The summed E-state index contributed by atoms with van der Waals surface area (Å²) in [5.41, 5.74) is 2.90. The molecule has 2 heterocycles. The van der Waals surface area contributed by atoms with Crippen LogP contribution in [0.1, 0.15) is 34.6 Å². The summed E-state index contributed by atoms with van der Waals surface area (Å²) in [5.74, 6) is 1.20. The highest BCUT2D eigenvalue weighted by atomic mass is 16.5. The van der Waals surface area contributed by atoms with Crippen molar-refractivity contribution < 1.29 is 9.53 Å². The summed E-state index contributed by atoms with van der Waals surface area (Å²) in [7, 11) is 1.66. The zero-order chi connectivity index (χ0) is 25.5. The lowest BCUT2D eigenvalue weighted by Gasteiger charge is -2.15. The van der Waals surface area contributed by atoms with Gasteiger partial charge in [0, 0.05) is 11.5 Å². The lowest BCUT2D eigenvalue weighted by Crippen LogP contribution is -2.27. The minimum absolute atomic E-state index is 0.0776. The van der Waals surface area contributed by atoms with E-state index in [4.69, 9.17) is 4.74 Å². The van der Waals surface area contributed by atoms with Crippen molar-refractivity contribution in [3.63, 3.8) is 0 Å². The molecule has 6 aromatic rings. The van der Waals surface area contributed by atoms with E-state index in [1.807, 2.05) is 65.1 Å². The van der Waals surface area contributed by atoms with Crippen molar-refractivity contribution in [3.8, 4) is 5.75 Å². The quantitative estimate of drug-likeness (QED) is 0.300. The molecule has 0 saturated heterocycles. The fourth-order valence-electron chi connectivity index (χ4n) is 4.87. The summed E-state index contributed by atoms with van der Waals surface area (Å²) in [4.78, 5) is 26.6. The normalized spacial score (nSPS) is 12.3. The molecule has 0 spiro atoms. The molecule has 0 radical (unpaired) electrons. The molecule has 2 aromatic heterocycles. The molecule has 0 fully saturated rings. The highest BCUT2D eigenvalue weighted by molar-refractivity contribution is 5.96. The number of hydrogen-bond donors (Lipinski definition) is 0. The van der Waals surface area contributed by atoms with Gasteiger partial charge in [0.1, 0.15) is 11.6 Å². The van der Waals surface area contributed by atoms with Crippen molar-refractivity contribution in [2.75, 3.05) is 7.11 Å². The molecule has 0 saturated carbocycles. The van der Waals surface area contributed by atoms with E-state index >= 15 is 0 Å². The molecule has 182 valence electrons. The number of aromatic nitrogens is 4. The van der Waals surface area contributed by atoms with Crippen LogP contribution in [0, 0.1) is 0 Å². The lowest BCUT2D eigenvalue weighted by molar-refractivity contribution is 0.0972. The molecule has 0 bridgehead atoms. The third-order valence-corrected chi connectivity index (χ3v) is 6.89. The number of rotatable bonds is 6. The monoisotopic (exact) mass is 488 g/mol. The second-order valence-corrected chi connectivity index (χ2v) is 9.08. The van der Waals surface area contributed by atoms with Crippen molar-refractivity contribution in [2.45, 2.75) is 19.4 Å². The number of nitrogens with zero attached hydrogens (tertiary/aromatic N) is 4. The summed E-state index contributed by atoms with van der Waals surface area (Å²) in [6.45, 7) is 1.98. The molecule has 37 heavy (non-hydrogen) atoms. The van der Waals surface area contributed by atoms with Gasteiger partial charge in [-0.1, -0.05) is 73.7 Å². The molecule has 0 amide bonds. The van der Waals surface area contributed by atoms with Crippen molar-refractivity contribution in [1.82, 2.24) is 19.2 Å². The van der Waals surface area contributed by atoms with Crippen LogP contribution in [-0.2, 0) is 6.54 Å². The van der Waals surface area contributed by atoms with Crippen LogP contribution in [0.3, 0.4) is 0 Å². The third-order valence-electron chi connectivity index (χ3n) is 6.89. The Hall–Kier alpha value is -4.78. The molecule has 6 rings (SSSR count). The van der Waals surface area contributed by atoms with Gasteiger partial charge in [-0.15, -0.1) is 10.2 Å². The average Bonchev–Trinajstić information content (AvgIpc) is 3.40. The molecule has 7 nitrogen and oxygen atoms in total. The highest BCUT2D eigenvalue weighted by Gasteiger charge is 2.22. The Bertz CT molecular complexity index is 1850. The molecule has 4 aromatic carbocycles. The summed E-state index contributed by atoms with van der Waals surface area (Å²) in [6, 6.07) is 28.8. The second-order valence-electron chi connectivity index (χ2n) is 9.08. The number of Topliss-reactive ketones (excluding diaryl/α,β-unsaturated/α-hetero) is 1. The van der Waals surface area contributed by atoms with Crippen LogP contribution in [0.15, 0.2) is 95.8 Å². The first-order chi connectivity index (χ1) is 18.0. The fraction of sp³-hybridized carbons (Fsp3) is 0.133. The van der Waals surface area contributed by atoms with Crippen LogP contribution in [0.4, 0.5) is 0 Å². The van der Waals surface area contributed by atoms with Crippen LogP contribution in [0.5, 0.6) is 5.75 Å². The average molecular weight is 489 g/mol. The molecular formula is C30H24N4O3. The molecule has 1 atom stereocenters. The summed E-state index contributed by atoms with van der Waals surface area (Å²) < 4.78 is 8.66. The molecule has 0 unspecified atom stereocenters. The zero-order valence-corrected chi connectivity index (χ0v) is 20.5. The van der Waals surface area contributed by atoms with Crippen LogP contribution in [-0.4, -0.2) is 32.1 Å². The molecule has 0 N–H and O–H groups in total. The minimum atomic E-state index is -0.348. The molecule has 0 aliphatic heterocycles. The Labute approximate surface area is 212 Å². The summed E-state index contributed by atoms with van der Waals surface area (Å²) in [6.07, 6.45) is 0. The Morgan fingerprint density at radius 2 is 1.57 bits per heavy atom. The predicted octanol–water partition coefficient (Wildman–Crippen LogP) is 5.24. The topological polar surface area (TPSA) is 78.5 Å². The van der Waals surface area contributed by atoms with Gasteiger partial charge in [-0.2, -0.15) is 0 Å². The van der Waals surface area contributed by atoms with E-state index in [0.717, 1.165) is 27.6 Å². The second kappa shape index (κ2) is 9.02. The fourth-order valence-corrected chi connectivity index (χ4v) is 4.87. The maximum atomic E-state index is 13.6. The standard InChI is InChI=1S/C30H24N4O3/c1-19(21-12-13-23-17-24(37-2)15-14-22(23)16-21)28-31-32-29-30(36)33(18-27(35)20-8-4-3-5-9-20)25-10-6-7-11-26(25)34(28)29/h3-17,19H,18H2,1-2H3/t19-/m0/s1. The number of methoxy groups -OCH3 is 1. The number of para-hydroxylation sites is 2. The number of hydrogen-bond acceptors (Lipinski definition) is 5. The number of carbonyl (C=O) groups excluding carboxylic acids is 1. The molecular weight excluding hydrogens is 464 g/mol. The van der Waals surface area contributed by atoms with Crippen molar-refractivity contribution in [2.24, 2.45) is 0 Å². The Morgan fingerprint density at radius 1 is 0.865 bits per heavy atom. The van der Waals surface area contributed by atoms with Gasteiger partial charge in [-0.25, -0.2) is 0 Å². The first kappa shape index (κ1) is 22.7. The van der Waals surface area contributed by atoms with Gasteiger partial charge in [-0.05, 0) is 40.6 Å². The molecule has 0 aliphatic rings. The first-order valence-corrected chi connectivity index (χ1v) is 12.1. The van der Waals surface area contributed by atoms with Gasteiger partial charge in [0.15, 0.2) is 5.78 Å². The number of benzene rings is 4. The Morgan fingerprint density at radius 3 is 2.35 bits per heavy atom. The minimum Gasteiger partial charge on any atom is -0.497 e. The summed E-state index contributed by atoms with van der Waals surface area (Å²) in [5, 5.41) is 10.9. The van der Waals surface area contributed by atoms with Gasteiger partial charge in [0.2, 0.25) is 5.65 Å². The third kappa shape index (κ3) is 3.85. The van der Waals surface area contributed by atoms with E-state index in [2.05, 4.69) is 35.3 Å². The van der Waals surface area contributed by atoms with Gasteiger partial charge >= 0.3 is 0 Å². The van der Waals surface area contributed by atoms with Crippen LogP contribution in [0.2, 0.25) is 0 Å². The van der Waals surface area contributed by atoms with Gasteiger partial charge in [0.05, 0.1) is 24.7 Å². The van der Waals surface area contributed by atoms with E-state index in [1.54, 1.807) is 19.2 Å². The van der Waals surface area contributed by atoms with E-state index in [1.165, 1.54) is 4.57 Å². The van der Waals surface area contributed by atoms with Crippen molar-refractivity contribution in [1.29, 1.82) is 0 Å².